The van der Waals surface area contributed by atoms with Crippen LogP contribution in [-0.4, -0.2) is 57.8 Å². The first-order valence-corrected chi connectivity index (χ1v) is 15.3. The summed E-state index contributed by atoms with van der Waals surface area (Å²) >= 11 is 0. The van der Waals surface area contributed by atoms with E-state index in [1.807, 2.05) is 36.4 Å². The number of anilines is 1. The predicted molar refractivity (Wildman–Crippen MR) is 183 cm³/mol. The van der Waals surface area contributed by atoms with Gasteiger partial charge in [-0.3, -0.25) is 9.59 Å². The number of ether oxygens (including phenoxy) is 4. The van der Waals surface area contributed by atoms with Gasteiger partial charge in [-0.2, -0.15) is 0 Å². The summed E-state index contributed by atoms with van der Waals surface area (Å²) in [6.45, 7) is 1.78. The van der Waals surface area contributed by atoms with Crippen LogP contribution in [0.2, 0.25) is 0 Å². The van der Waals surface area contributed by atoms with Crippen LogP contribution in [0.25, 0.3) is 21.8 Å². The molecule has 1 amide bonds. The van der Waals surface area contributed by atoms with Crippen LogP contribution in [-0.2, 0) is 24.2 Å². The van der Waals surface area contributed by atoms with Crippen molar-refractivity contribution >= 4 is 33.4 Å². The van der Waals surface area contributed by atoms with Crippen molar-refractivity contribution in [2.24, 2.45) is 0 Å². The van der Waals surface area contributed by atoms with Gasteiger partial charge in [-0.25, -0.2) is 0 Å². The number of benzene rings is 4. The smallest absolute Gasteiger partial charge is 0.228 e. The van der Waals surface area contributed by atoms with Crippen molar-refractivity contribution in [1.82, 2.24) is 9.88 Å². The number of rotatable bonds is 14. The molecular formula is C37H41N3O6. The molecule has 0 fully saturated rings. The molecule has 0 saturated carbocycles. The zero-order valence-corrected chi connectivity index (χ0v) is 27.1. The first kappa shape index (κ1) is 32.4. The fourth-order valence-electron chi connectivity index (χ4n) is 5.82. The van der Waals surface area contributed by atoms with Gasteiger partial charge in [0, 0.05) is 17.3 Å². The van der Waals surface area contributed by atoms with E-state index in [1.54, 1.807) is 58.8 Å². The highest BCUT2D eigenvalue weighted by Gasteiger charge is 2.15. The number of hydrogen-bond acceptors (Lipinski definition) is 7. The first-order valence-electron chi connectivity index (χ1n) is 15.3. The van der Waals surface area contributed by atoms with Crippen LogP contribution in [0.5, 0.6) is 23.0 Å². The maximum atomic E-state index is 13.2. The molecule has 1 aromatic heterocycles. The largest absolute Gasteiger partial charge is 0.495 e. The molecule has 0 radical (unpaired) electrons. The minimum absolute atomic E-state index is 0.0790. The summed E-state index contributed by atoms with van der Waals surface area (Å²) < 4.78 is 21.9. The number of H-pyrrole nitrogens is 1. The van der Waals surface area contributed by atoms with Gasteiger partial charge in [0.25, 0.3) is 0 Å². The van der Waals surface area contributed by atoms with Crippen LogP contribution >= 0.6 is 0 Å². The standard InChI is InChI=1S/C37H41N3O6/c1-40(23-25-16-18-30(43-2)33(21-25)46-5)19-7-6-10-24-15-17-29(32(20-24)45-4)38-34(41)22-26-11-8-12-27-35(26)39-36-28(37(27)42)13-9-14-31(36)44-3/h8-9,11-18,20-21H,6-7,10,19,22-23H2,1-5H3,(H,38,41)(H,39,42). The maximum absolute atomic E-state index is 13.2. The number of aromatic amines is 1. The lowest BCUT2D eigenvalue weighted by molar-refractivity contribution is -0.115. The summed E-state index contributed by atoms with van der Waals surface area (Å²) in [6, 6.07) is 22.7. The molecular weight excluding hydrogens is 582 g/mol. The normalized spacial score (nSPS) is 11.2. The number of hydrogen-bond donors (Lipinski definition) is 2. The van der Waals surface area contributed by atoms with Crippen LogP contribution < -0.4 is 29.7 Å². The summed E-state index contributed by atoms with van der Waals surface area (Å²) in [6.07, 6.45) is 3.04. The molecule has 0 saturated heterocycles. The summed E-state index contributed by atoms with van der Waals surface area (Å²) in [5.74, 6) is 2.44. The summed E-state index contributed by atoms with van der Waals surface area (Å²) in [4.78, 5) is 32.1. The van der Waals surface area contributed by atoms with Crippen LogP contribution in [0, 0.1) is 0 Å². The zero-order valence-electron chi connectivity index (χ0n) is 27.1. The van der Waals surface area contributed by atoms with E-state index in [-0.39, 0.29) is 17.8 Å². The van der Waals surface area contributed by atoms with Crippen molar-refractivity contribution < 1.29 is 23.7 Å². The molecule has 0 unspecified atom stereocenters. The average Bonchev–Trinajstić information content (AvgIpc) is 3.07. The number of carbonyl (C=O) groups is 1. The molecule has 9 nitrogen and oxygen atoms in total. The Hall–Kier alpha value is -5.02. The number of para-hydroxylation sites is 2. The molecule has 0 aliphatic heterocycles. The van der Waals surface area contributed by atoms with E-state index in [4.69, 9.17) is 18.9 Å². The maximum Gasteiger partial charge on any atom is 0.228 e. The van der Waals surface area contributed by atoms with Crippen molar-refractivity contribution in [3.8, 4) is 23.0 Å². The molecule has 5 rings (SSSR count). The Balaban J connectivity index is 1.19. The molecule has 0 atom stereocenters. The van der Waals surface area contributed by atoms with Crippen molar-refractivity contribution in [3.05, 3.63) is 99.7 Å². The van der Waals surface area contributed by atoms with E-state index in [0.717, 1.165) is 49.4 Å². The molecule has 0 aliphatic carbocycles. The van der Waals surface area contributed by atoms with Crippen molar-refractivity contribution in [2.75, 3.05) is 47.3 Å². The second-order valence-corrected chi connectivity index (χ2v) is 11.3. The second-order valence-electron chi connectivity index (χ2n) is 11.3. The fraction of sp³-hybridized carbons (Fsp3) is 0.297. The Labute approximate surface area is 269 Å². The molecule has 5 aromatic rings. The van der Waals surface area contributed by atoms with E-state index in [1.165, 1.54) is 5.56 Å². The van der Waals surface area contributed by atoms with E-state index in [2.05, 4.69) is 28.3 Å². The van der Waals surface area contributed by atoms with Crippen LogP contribution in [0.1, 0.15) is 29.5 Å². The second kappa shape index (κ2) is 14.8. The van der Waals surface area contributed by atoms with Crippen molar-refractivity contribution in [2.45, 2.75) is 32.2 Å². The monoisotopic (exact) mass is 623 g/mol. The molecule has 1 heterocycles. The highest BCUT2D eigenvalue weighted by molar-refractivity contribution is 5.99. The van der Waals surface area contributed by atoms with Gasteiger partial charge < -0.3 is 34.1 Å². The summed E-state index contributed by atoms with van der Waals surface area (Å²) in [7, 11) is 8.58. The SMILES string of the molecule is COc1cc(CCCCN(C)Cc2ccc(OC)c(OC)c2)ccc1NC(=O)Cc1cccc2c(=O)c3cccc(OC)c3[nH]c12. The number of pyridine rings is 1. The molecule has 9 heteroatoms. The first-order chi connectivity index (χ1) is 22.3. The van der Waals surface area contributed by atoms with Crippen LogP contribution in [0.4, 0.5) is 5.69 Å². The molecule has 0 aliphatic rings. The third-order valence-corrected chi connectivity index (χ3v) is 8.18. The molecule has 0 spiro atoms. The Morgan fingerprint density at radius 2 is 1.41 bits per heavy atom. The lowest BCUT2D eigenvalue weighted by atomic mass is 10.0. The van der Waals surface area contributed by atoms with Gasteiger partial charge in [-0.15, -0.1) is 0 Å². The number of nitrogens with one attached hydrogen (secondary N) is 2. The minimum atomic E-state index is -0.211. The van der Waals surface area contributed by atoms with Crippen molar-refractivity contribution in [1.29, 1.82) is 0 Å². The van der Waals surface area contributed by atoms with Gasteiger partial charge in [0.15, 0.2) is 16.9 Å². The number of aryl methyl sites for hydroxylation is 1. The number of fused-ring (bicyclic) bond motifs is 2. The lowest BCUT2D eigenvalue weighted by Gasteiger charge is -2.18. The Morgan fingerprint density at radius 1 is 0.739 bits per heavy atom. The van der Waals surface area contributed by atoms with E-state index in [0.29, 0.717) is 44.6 Å². The van der Waals surface area contributed by atoms with Gasteiger partial charge in [-0.05, 0) is 92.0 Å². The van der Waals surface area contributed by atoms with E-state index >= 15 is 0 Å². The molecule has 0 bridgehead atoms. The summed E-state index contributed by atoms with van der Waals surface area (Å²) in [5, 5.41) is 4.06. The van der Waals surface area contributed by atoms with Gasteiger partial charge in [0.2, 0.25) is 5.91 Å². The fourth-order valence-corrected chi connectivity index (χ4v) is 5.82. The topological polar surface area (TPSA) is 102 Å². The Bertz CT molecular complexity index is 1900. The van der Waals surface area contributed by atoms with Gasteiger partial charge in [0.1, 0.15) is 11.5 Å². The number of unbranched alkanes of at least 4 members (excludes halogenated alkanes) is 1. The van der Waals surface area contributed by atoms with E-state index in [9.17, 15) is 9.59 Å². The highest BCUT2D eigenvalue weighted by Crippen LogP contribution is 2.29. The van der Waals surface area contributed by atoms with E-state index < -0.39 is 0 Å². The third-order valence-electron chi connectivity index (χ3n) is 8.18. The molecule has 4 aromatic carbocycles. The quantitative estimate of drug-likeness (QED) is 0.110. The molecule has 240 valence electrons. The number of carbonyl (C=O) groups excluding carboxylic acids is 1. The number of methoxy groups -OCH3 is 4. The Kier molecular flexibility index (Phi) is 10.4. The molecule has 2 N–H and O–H groups in total. The number of aromatic nitrogens is 1. The van der Waals surface area contributed by atoms with Crippen LogP contribution in [0.3, 0.4) is 0 Å². The summed E-state index contributed by atoms with van der Waals surface area (Å²) in [5.41, 5.74) is 4.76. The third kappa shape index (κ3) is 7.26. The lowest BCUT2D eigenvalue weighted by Crippen LogP contribution is -2.19. The molecule has 46 heavy (non-hydrogen) atoms. The predicted octanol–water partition coefficient (Wildman–Crippen LogP) is 6.35. The van der Waals surface area contributed by atoms with Crippen molar-refractivity contribution in [3.63, 3.8) is 0 Å². The average molecular weight is 624 g/mol. The minimum Gasteiger partial charge on any atom is -0.495 e. The van der Waals surface area contributed by atoms with Crippen LogP contribution in [0.15, 0.2) is 77.6 Å². The number of nitrogens with zero attached hydrogens (tertiary/aromatic N) is 1. The van der Waals surface area contributed by atoms with Gasteiger partial charge in [-0.1, -0.05) is 30.3 Å². The number of amides is 1. The Morgan fingerprint density at radius 3 is 2.15 bits per heavy atom. The highest BCUT2D eigenvalue weighted by atomic mass is 16.5. The zero-order chi connectivity index (χ0) is 32.6. The van der Waals surface area contributed by atoms with Gasteiger partial charge >= 0.3 is 0 Å². The van der Waals surface area contributed by atoms with Gasteiger partial charge in [0.05, 0.1) is 51.6 Å².